The molecule has 86 valence electrons. The van der Waals surface area contributed by atoms with Gasteiger partial charge in [-0.25, -0.2) is 4.98 Å². The van der Waals surface area contributed by atoms with E-state index in [1.165, 1.54) is 11.9 Å². The molecule has 16 heavy (non-hydrogen) atoms. The van der Waals surface area contributed by atoms with Crippen molar-refractivity contribution in [2.75, 3.05) is 5.33 Å². The molecule has 0 radical (unpaired) electrons. The van der Waals surface area contributed by atoms with Crippen LogP contribution in [0.1, 0.15) is 19.2 Å². The Kier molecular flexibility index (Phi) is 3.64. The molecule has 0 saturated carbocycles. The molecule has 0 bridgehead atoms. The summed E-state index contributed by atoms with van der Waals surface area (Å²) in [7, 11) is 0. The van der Waals surface area contributed by atoms with Crippen LogP contribution in [0.2, 0.25) is 0 Å². The average Bonchev–Trinajstić information content (AvgIpc) is 2.62. The predicted molar refractivity (Wildman–Crippen MR) is 72.0 cm³/mol. The number of para-hydroxylation sites is 2. The quantitative estimate of drug-likeness (QED) is 0.780. The summed E-state index contributed by atoms with van der Waals surface area (Å²) >= 11 is 3.58. The van der Waals surface area contributed by atoms with Crippen molar-refractivity contribution in [1.82, 2.24) is 9.55 Å². The van der Waals surface area contributed by atoms with Crippen LogP contribution in [-0.4, -0.2) is 14.9 Å². The zero-order valence-electron chi connectivity index (χ0n) is 9.78. The van der Waals surface area contributed by atoms with Crippen LogP contribution >= 0.6 is 15.9 Å². The smallest absolute Gasteiger partial charge is 0.106 e. The second-order valence-electron chi connectivity index (χ2n) is 4.19. The van der Waals surface area contributed by atoms with Crippen molar-refractivity contribution in [2.24, 2.45) is 5.92 Å². The third-order valence-corrected chi connectivity index (χ3v) is 4.00. The van der Waals surface area contributed by atoms with Gasteiger partial charge in [0.15, 0.2) is 0 Å². The zero-order valence-corrected chi connectivity index (χ0v) is 11.4. The minimum atomic E-state index is 0.677. The first-order chi connectivity index (χ1) is 7.76. The van der Waals surface area contributed by atoms with Crippen LogP contribution < -0.4 is 0 Å². The Labute approximate surface area is 105 Å². The molecule has 2 aromatic rings. The Hall–Kier alpha value is -0.830. The van der Waals surface area contributed by atoms with Crippen LogP contribution in [0.5, 0.6) is 0 Å². The molecule has 1 unspecified atom stereocenters. The summed E-state index contributed by atoms with van der Waals surface area (Å²) in [6.07, 6.45) is 1.19. The van der Waals surface area contributed by atoms with Gasteiger partial charge in [-0.15, -0.1) is 0 Å². The number of imidazole rings is 1. The summed E-state index contributed by atoms with van der Waals surface area (Å²) in [5.41, 5.74) is 2.35. The third kappa shape index (κ3) is 2.14. The van der Waals surface area contributed by atoms with E-state index in [1.54, 1.807) is 0 Å². The predicted octanol–water partition coefficient (Wildman–Crippen LogP) is 3.77. The molecular weight excluding hydrogens is 264 g/mol. The van der Waals surface area contributed by atoms with Crippen LogP contribution in [0.3, 0.4) is 0 Å². The van der Waals surface area contributed by atoms with Crippen molar-refractivity contribution in [1.29, 1.82) is 0 Å². The van der Waals surface area contributed by atoms with E-state index >= 15 is 0 Å². The van der Waals surface area contributed by atoms with Gasteiger partial charge in [0.1, 0.15) is 5.82 Å². The van der Waals surface area contributed by atoms with E-state index in [9.17, 15) is 0 Å². The van der Waals surface area contributed by atoms with E-state index < -0.39 is 0 Å². The highest BCUT2D eigenvalue weighted by atomic mass is 79.9. The molecule has 3 heteroatoms. The monoisotopic (exact) mass is 280 g/mol. The van der Waals surface area contributed by atoms with Crippen molar-refractivity contribution in [3.63, 3.8) is 0 Å². The molecule has 0 aliphatic rings. The molecule has 1 aromatic heterocycles. The Morgan fingerprint density at radius 1 is 1.38 bits per heavy atom. The zero-order chi connectivity index (χ0) is 11.5. The molecule has 0 aliphatic carbocycles. The van der Waals surface area contributed by atoms with Gasteiger partial charge in [0, 0.05) is 11.9 Å². The standard InChI is InChI=1S/C13H17BrN2/c1-3-11(8-14)9-16-10(2)15-12-6-4-5-7-13(12)16/h4-7,11H,3,8-9H2,1-2H3. The van der Waals surface area contributed by atoms with Crippen molar-refractivity contribution >= 4 is 27.0 Å². The molecule has 0 amide bonds. The molecular formula is C13H17BrN2. The Balaban J connectivity index is 2.39. The number of fused-ring (bicyclic) bond motifs is 1. The van der Waals surface area contributed by atoms with Crippen LogP contribution in [0.15, 0.2) is 24.3 Å². The molecule has 2 nitrogen and oxygen atoms in total. The van der Waals surface area contributed by atoms with E-state index in [-0.39, 0.29) is 0 Å². The lowest BCUT2D eigenvalue weighted by Gasteiger charge is -2.14. The SMILES string of the molecule is CCC(CBr)Cn1c(C)nc2ccccc21. The Bertz CT molecular complexity index is 472. The highest BCUT2D eigenvalue weighted by Crippen LogP contribution is 2.19. The van der Waals surface area contributed by atoms with E-state index in [0.717, 1.165) is 23.2 Å². The molecule has 0 fully saturated rings. The average molecular weight is 281 g/mol. The summed E-state index contributed by atoms with van der Waals surface area (Å²) < 4.78 is 2.32. The first-order valence-electron chi connectivity index (χ1n) is 5.74. The topological polar surface area (TPSA) is 17.8 Å². The second-order valence-corrected chi connectivity index (χ2v) is 4.83. The molecule has 2 rings (SSSR count). The van der Waals surface area contributed by atoms with Crippen LogP contribution in [0.25, 0.3) is 11.0 Å². The van der Waals surface area contributed by atoms with Gasteiger partial charge in [0.05, 0.1) is 11.0 Å². The van der Waals surface area contributed by atoms with Gasteiger partial charge in [-0.1, -0.05) is 41.4 Å². The van der Waals surface area contributed by atoms with Crippen molar-refractivity contribution in [3.8, 4) is 0 Å². The van der Waals surface area contributed by atoms with Gasteiger partial charge in [-0.3, -0.25) is 0 Å². The minimum absolute atomic E-state index is 0.677. The number of alkyl halides is 1. The molecule has 0 saturated heterocycles. The lowest BCUT2D eigenvalue weighted by atomic mass is 10.1. The van der Waals surface area contributed by atoms with Gasteiger partial charge in [-0.05, 0) is 25.0 Å². The van der Waals surface area contributed by atoms with Crippen molar-refractivity contribution in [2.45, 2.75) is 26.8 Å². The third-order valence-electron chi connectivity index (χ3n) is 3.08. The molecule has 1 aromatic carbocycles. The maximum Gasteiger partial charge on any atom is 0.106 e. The largest absolute Gasteiger partial charge is 0.328 e. The number of aryl methyl sites for hydroxylation is 1. The van der Waals surface area contributed by atoms with E-state index in [0.29, 0.717) is 5.92 Å². The van der Waals surface area contributed by atoms with Gasteiger partial charge in [0.25, 0.3) is 0 Å². The van der Waals surface area contributed by atoms with Crippen LogP contribution in [-0.2, 0) is 6.54 Å². The van der Waals surface area contributed by atoms with Gasteiger partial charge in [-0.2, -0.15) is 0 Å². The summed E-state index contributed by atoms with van der Waals surface area (Å²) in [5, 5.41) is 1.05. The summed E-state index contributed by atoms with van der Waals surface area (Å²) in [6.45, 7) is 5.37. The van der Waals surface area contributed by atoms with Gasteiger partial charge < -0.3 is 4.57 Å². The van der Waals surface area contributed by atoms with Crippen LogP contribution in [0, 0.1) is 12.8 Å². The molecule has 1 atom stereocenters. The summed E-state index contributed by atoms with van der Waals surface area (Å²) in [5.74, 6) is 1.79. The normalized spacial score (nSPS) is 13.2. The van der Waals surface area contributed by atoms with E-state index in [1.807, 2.05) is 6.07 Å². The van der Waals surface area contributed by atoms with E-state index in [4.69, 9.17) is 0 Å². The molecule has 0 spiro atoms. The number of halogens is 1. The number of benzene rings is 1. The number of aromatic nitrogens is 2. The Morgan fingerprint density at radius 3 is 2.81 bits per heavy atom. The second kappa shape index (κ2) is 5.00. The first kappa shape index (κ1) is 11.6. The number of nitrogens with zero attached hydrogens (tertiary/aromatic N) is 2. The van der Waals surface area contributed by atoms with Crippen molar-refractivity contribution < 1.29 is 0 Å². The lowest BCUT2D eigenvalue weighted by Crippen LogP contribution is -2.12. The lowest BCUT2D eigenvalue weighted by molar-refractivity contribution is 0.480. The summed E-state index contributed by atoms with van der Waals surface area (Å²) in [6, 6.07) is 8.35. The highest BCUT2D eigenvalue weighted by molar-refractivity contribution is 9.09. The van der Waals surface area contributed by atoms with Crippen molar-refractivity contribution in [3.05, 3.63) is 30.1 Å². The number of rotatable bonds is 4. The fraction of sp³-hybridized carbons (Fsp3) is 0.462. The molecule has 0 N–H and O–H groups in total. The minimum Gasteiger partial charge on any atom is -0.328 e. The number of hydrogen-bond acceptors (Lipinski definition) is 1. The van der Waals surface area contributed by atoms with Gasteiger partial charge >= 0.3 is 0 Å². The van der Waals surface area contributed by atoms with Crippen LogP contribution in [0.4, 0.5) is 0 Å². The maximum absolute atomic E-state index is 4.58. The number of hydrogen-bond donors (Lipinski definition) is 0. The molecule has 1 heterocycles. The molecule has 0 aliphatic heterocycles. The highest BCUT2D eigenvalue weighted by Gasteiger charge is 2.11. The fourth-order valence-corrected chi connectivity index (χ4v) is 2.63. The van der Waals surface area contributed by atoms with Gasteiger partial charge in [0.2, 0.25) is 0 Å². The maximum atomic E-state index is 4.58. The van der Waals surface area contributed by atoms with E-state index in [2.05, 4.69) is 57.5 Å². The summed E-state index contributed by atoms with van der Waals surface area (Å²) in [4.78, 5) is 4.58. The first-order valence-corrected chi connectivity index (χ1v) is 6.86. The Morgan fingerprint density at radius 2 is 2.12 bits per heavy atom. The fourth-order valence-electron chi connectivity index (χ4n) is 1.97.